The summed E-state index contributed by atoms with van der Waals surface area (Å²) in [5.74, 6) is -0.662. The van der Waals surface area contributed by atoms with Gasteiger partial charge < -0.3 is 9.88 Å². The van der Waals surface area contributed by atoms with E-state index in [9.17, 15) is 14.0 Å². The summed E-state index contributed by atoms with van der Waals surface area (Å²) >= 11 is 0. The molecule has 1 aromatic carbocycles. The largest absolute Gasteiger partial charge is 0.320 e. The third-order valence-corrected chi connectivity index (χ3v) is 3.85. The lowest BCUT2D eigenvalue weighted by molar-refractivity contribution is -0.119. The molecule has 0 saturated carbocycles. The standard InChI is InChI=1S/C18H17FN4O2/c1-13(23-11-3-9-20-23)17(24)21-16-4-2-10-22(18(16)25)12-14-5-7-15(19)8-6-14/h2-11,13H,12H2,1H3,(H,21,24)/t13-/m0/s1. The number of nitrogens with zero attached hydrogens (tertiary/aromatic N) is 3. The first-order valence-corrected chi connectivity index (χ1v) is 7.78. The Balaban J connectivity index is 1.78. The zero-order valence-corrected chi connectivity index (χ0v) is 13.6. The molecule has 1 atom stereocenters. The fourth-order valence-electron chi connectivity index (χ4n) is 2.41. The van der Waals surface area contributed by atoms with E-state index < -0.39 is 6.04 Å². The fourth-order valence-corrected chi connectivity index (χ4v) is 2.41. The van der Waals surface area contributed by atoms with Crippen LogP contribution in [-0.4, -0.2) is 20.3 Å². The minimum atomic E-state index is -0.542. The molecule has 0 bridgehead atoms. The summed E-state index contributed by atoms with van der Waals surface area (Å²) in [7, 11) is 0. The molecular formula is C18H17FN4O2. The van der Waals surface area contributed by atoms with Crippen molar-refractivity contribution in [3.8, 4) is 0 Å². The number of rotatable bonds is 5. The predicted octanol–water partition coefficient (Wildman–Crippen LogP) is 2.43. The Kier molecular flexibility index (Phi) is 4.74. The van der Waals surface area contributed by atoms with Gasteiger partial charge in [-0.1, -0.05) is 12.1 Å². The van der Waals surface area contributed by atoms with Gasteiger partial charge in [0, 0.05) is 18.6 Å². The van der Waals surface area contributed by atoms with Crippen molar-refractivity contribution in [2.75, 3.05) is 5.32 Å². The number of nitrogens with one attached hydrogen (secondary N) is 1. The van der Waals surface area contributed by atoms with E-state index in [2.05, 4.69) is 10.4 Å². The maximum Gasteiger partial charge on any atom is 0.274 e. The summed E-state index contributed by atoms with van der Waals surface area (Å²) in [5.41, 5.74) is 0.651. The van der Waals surface area contributed by atoms with E-state index in [1.54, 1.807) is 55.8 Å². The molecule has 7 heteroatoms. The molecule has 0 aliphatic carbocycles. The highest BCUT2D eigenvalue weighted by atomic mass is 19.1. The van der Waals surface area contributed by atoms with Crippen molar-refractivity contribution < 1.29 is 9.18 Å². The van der Waals surface area contributed by atoms with Gasteiger partial charge in [0.2, 0.25) is 5.91 Å². The average molecular weight is 340 g/mol. The number of pyridine rings is 1. The SMILES string of the molecule is C[C@@H](C(=O)Nc1cccn(Cc2ccc(F)cc2)c1=O)n1cccn1. The molecule has 1 amide bonds. The van der Waals surface area contributed by atoms with Crippen LogP contribution in [0, 0.1) is 5.82 Å². The number of hydrogen-bond donors (Lipinski definition) is 1. The van der Waals surface area contributed by atoms with E-state index >= 15 is 0 Å². The molecular weight excluding hydrogens is 323 g/mol. The second-order valence-corrected chi connectivity index (χ2v) is 5.63. The zero-order valence-electron chi connectivity index (χ0n) is 13.6. The minimum absolute atomic E-state index is 0.189. The van der Waals surface area contributed by atoms with Gasteiger partial charge in [-0.2, -0.15) is 5.10 Å². The number of aromatic nitrogens is 3. The van der Waals surface area contributed by atoms with Crippen molar-refractivity contribution in [3.05, 3.63) is 82.8 Å². The second-order valence-electron chi connectivity index (χ2n) is 5.63. The topological polar surface area (TPSA) is 68.9 Å². The van der Waals surface area contributed by atoms with E-state index in [0.717, 1.165) is 5.56 Å². The molecule has 6 nitrogen and oxygen atoms in total. The molecule has 128 valence electrons. The van der Waals surface area contributed by atoms with Crippen LogP contribution in [0.15, 0.2) is 65.8 Å². The Morgan fingerprint density at radius 1 is 1.20 bits per heavy atom. The highest BCUT2D eigenvalue weighted by molar-refractivity contribution is 5.93. The Hall–Kier alpha value is -3.22. The maximum absolute atomic E-state index is 13.0. The summed E-state index contributed by atoms with van der Waals surface area (Å²) in [5, 5.41) is 6.66. The van der Waals surface area contributed by atoms with Crippen molar-refractivity contribution in [2.24, 2.45) is 0 Å². The van der Waals surface area contributed by atoms with Crippen molar-refractivity contribution in [1.29, 1.82) is 0 Å². The number of halogens is 1. The van der Waals surface area contributed by atoms with Gasteiger partial charge in [-0.25, -0.2) is 4.39 Å². The highest BCUT2D eigenvalue weighted by Crippen LogP contribution is 2.09. The molecule has 1 N–H and O–H groups in total. The van der Waals surface area contributed by atoms with Crippen LogP contribution in [-0.2, 0) is 11.3 Å². The quantitative estimate of drug-likeness (QED) is 0.776. The summed E-state index contributed by atoms with van der Waals surface area (Å²) < 4.78 is 16.0. The summed E-state index contributed by atoms with van der Waals surface area (Å²) in [4.78, 5) is 24.8. The molecule has 0 spiro atoms. The van der Waals surface area contributed by atoms with Gasteiger partial charge in [0.1, 0.15) is 17.5 Å². The lowest BCUT2D eigenvalue weighted by Gasteiger charge is -2.13. The first kappa shape index (κ1) is 16.6. The van der Waals surface area contributed by atoms with Crippen molar-refractivity contribution in [3.63, 3.8) is 0 Å². The Morgan fingerprint density at radius 3 is 2.64 bits per heavy atom. The number of carbonyl (C=O) groups is 1. The third-order valence-electron chi connectivity index (χ3n) is 3.85. The second kappa shape index (κ2) is 7.12. The Bertz CT molecular complexity index is 917. The monoisotopic (exact) mass is 340 g/mol. The van der Waals surface area contributed by atoms with Crippen LogP contribution in [0.25, 0.3) is 0 Å². The average Bonchev–Trinajstić information content (AvgIpc) is 3.14. The molecule has 0 fully saturated rings. The van der Waals surface area contributed by atoms with Crippen LogP contribution in [0.1, 0.15) is 18.5 Å². The van der Waals surface area contributed by atoms with Crippen molar-refractivity contribution in [1.82, 2.24) is 14.3 Å². The molecule has 2 aromatic heterocycles. The lowest BCUT2D eigenvalue weighted by Crippen LogP contribution is -2.29. The zero-order chi connectivity index (χ0) is 17.8. The van der Waals surface area contributed by atoms with Crippen LogP contribution in [0.3, 0.4) is 0 Å². The summed E-state index contributed by atoms with van der Waals surface area (Å²) in [6.07, 6.45) is 4.89. The lowest BCUT2D eigenvalue weighted by atomic mass is 10.2. The minimum Gasteiger partial charge on any atom is -0.320 e. The first-order valence-electron chi connectivity index (χ1n) is 7.78. The Morgan fingerprint density at radius 2 is 1.96 bits per heavy atom. The molecule has 0 aliphatic heterocycles. The summed E-state index contributed by atoms with van der Waals surface area (Å²) in [6.45, 7) is 1.99. The normalized spacial score (nSPS) is 11.9. The number of anilines is 1. The predicted molar refractivity (Wildman–Crippen MR) is 91.8 cm³/mol. The maximum atomic E-state index is 13.0. The molecule has 0 saturated heterocycles. The van der Waals surface area contributed by atoms with E-state index in [1.807, 2.05) is 0 Å². The van der Waals surface area contributed by atoms with E-state index in [4.69, 9.17) is 0 Å². The number of hydrogen-bond acceptors (Lipinski definition) is 3. The van der Waals surface area contributed by atoms with Gasteiger partial charge in [-0.05, 0) is 42.8 Å². The van der Waals surface area contributed by atoms with E-state index in [1.165, 1.54) is 21.4 Å². The molecule has 3 rings (SSSR count). The van der Waals surface area contributed by atoms with Crippen LogP contribution < -0.4 is 10.9 Å². The Labute approximate surface area is 143 Å². The van der Waals surface area contributed by atoms with Gasteiger partial charge in [0.15, 0.2) is 0 Å². The molecule has 3 aromatic rings. The molecule has 0 radical (unpaired) electrons. The molecule has 0 aliphatic rings. The van der Waals surface area contributed by atoms with Crippen molar-refractivity contribution >= 4 is 11.6 Å². The molecule has 25 heavy (non-hydrogen) atoms. The molecule has 2 heterocycles. The van der Waals surface area contributed by atoms with Gasteiger partial charge >= 0.3 is 0 Å². The highest BCUT2D eigenvalue weighted by Gasteiger charge is 2.16. The fraction of sp³-hybridized carbons (Fsp3) is 0.167. The van der Waals surface area contributed by atoms with Gasteiger partial charge in [0.25, 0.3) is 5.56 Å². The van der Waals surface area contributed by atoms with Crippen molar-refractivity contribution in [2.45, 2.75) is 19.5 Å². The van der Waals surface area contributed by atoms with Gasteiger partial charge in [-0.15, -0.1) is 0 Å². The smallest absolute Gasteiger partial charge is 0.274 e. The van der Waals surface area contributed by atoms with E-state index in [0.29, 0.717) is 0 Å². The van der Waals surface area contributed by atoms with Crippen LogP contribution >= 0.6 is 0 Å². The third kappa shape index (κ3) is 3.82. The molecule has 0 unspecified atom stereocenters. The van der Waals surface area contributed by atoms with Gasteiger partial charge in [-0.3, -0.25) is 14.3 Å². The first-order chi connectivity index (χ1) is 12.0. The number of amides is 1. The van der Waals surface area contributed by atoms with Gasteiger partial charge in [0.05, 0.1) is 6.54 Å². The number of benzene rings is 1. The number of carbonyl (C=O) groups excluding carboxylic acids is 1. The van der Waals surface area contributed by atoms with E-state index in [-0.39, 0.29) is 29.5 Å². The van der Waals surface area contributed by atoms with Crippen LogP contribution in [0.2, 0.25) is 0 Å². The van der Waals surface area contributed by atoms with Crippen LogP contribution in [0.4, 0.5) is 10.1 Å². The summed E-state index contributed by atoms with van der Waals surface area (Å²) in [6, 6.07) is 10.3. The van der Waals surface area contributed by atoms with Crippen LogP contribution in [0.5, 0.6) is 0 Å².